The summed E-state index contributed by atoms with van der Waals surface area (Å²) in [5.74, 6) is 1.63. The Morgan fingerprint density at radius 2 is 1.50 bits per heavy atom. The SMILES string of the molecule is C.C=C(CC)CC(C)C.CCS(=O)(=O)CC(C)C. The molecule has 0 rings (SSSR count). The third-order valence-corrected chi connectivity index (χ3v) is 4.28. The molecule has 3 heteroatoms. The van der Waals surface area contributed by atoms with Gasteiger partial charge in [0.05, 0.1) is 5.75 Å². The molecule has 0 unspecified atom stereocenters. The summed E-state index contributed by atoms with van der Waals surface area (Å²) in [4.78, 5) is 0. The van der Waals surface area contributed by atoms with Crippen molar-refractivity contribution in [1.29, 1.82) is 0 Å². The van der Waals surface area contributed by atoms with Crippen LogP contribution in [0.2, 0.25) is 0 Å². The fourth-order valence-corrected chi connectivity index (χ4v) is 2.60. The first-order chi connectivity index (χ1) is 7.64. The molecule has 2 nitrogen and oxygen atoms in total. The summed E-state index contributed by atoms with van der Waals surface area (Å²) >= 11 is 0. The molecule has 0 fully saturated rings. The summed E-state index contributed by atoms with van der Waals surface area (Å²) in [6.07, 6.45) is 2.33. The number of hydrogen-bond acceptors (Lipinski definition) is 2. The van der Waals surface area contributed by atoms with Crippen LogP contribution in [0.3, 0.4) is 0 Å². The first-order valence-electron chi connectivity index (χ1n) is 6.51. The molecule has 0 saturated heterocycles. The van der Waals surface area contributed by atoms with E-state index in [2.05, 4.69) is 27.4 Å². The average Bonchev–Trinajstić information content (AvgIpc) is 2.16. The van der Waals surface area contributed by atoms with E-state index in [1.807, 2.05) is 13.8 Å². The highest BCUT2D eigenvalue weighted by atomic mass is 32.2. The van der Waals surface area contributed by atoms with Crippen LogP contribution in [-0.4, -0.2) is 19.9 Å². The molecule has 0 saturated carbocycles. The summed E-state index contributed by atoms with van der Waals surface area (Å²) < 4.78 is 21.6. The van der Waals surface area contributed by atoms with Gasteiger partial charge < -0.3 is 0 Å². The van der Waals surface area contributed by atoms with Gasteiger partial charge in [0.25, 0.3) is 0 Å². The summed E-state index contributed by atoms with van der Waals surface area (Å²) in [6, 6.07) is 0. The van der Waals surface area contributed by atoms with Crippen molar-refractivity contribution in [3.63, 3.8) is 0 Å². The topological polar surface area (TPSA) is 34.1 Å². The highest BCUT2D eigenvalue weighted by Crippen LogP contribution is 2.10. The maximum absolute atomic E-state index is 10.8. The molecule has 0 amide bonds. The zero-order valence-corrected chi connectivity index (χ0v) is 13.2. The fourth-order valence-electron chi connectivity index (χ4n) is 1.35. The quantitative estimate of drug-likeness (QED) is 0.659. The highest BCUT2D eigenvalue weighted by Gasteiger charge is 2.08. The monoisotopic (exact) mass is 278 g/mol. The van der Waals surface area contributed by atoms with Gasteiger partial charge in [0.15, 0.2) is 0 Å². The predicted molar refractivity (Wildman–Crippen MR) is 84.8 cm³/mol. The fraction of sp³-hybridized carbons (Fsp3) is 0.867. The van der Waals surface area contributed by atoms with E-state index < -0.39 is 9.84 Å². The van der Waals surface area contributed by atoms with Crippen LogP contribution in [0.25, 0.3) is 0 Å². The normalized spacial score (nSPS) is 10.7. The molecule has 0 aromatic carbocycles. The summed E-state index contributed by atoms with van der Waals surface area (Å²) in [6.45, 7) is 16.0. The molecule has 0 aliphatic heterocycles. The van der Waals surface area contributed by atoms with Gasteiger partial charge in [-0.2, -0.15) is 0 Å². The van der Waals surface area contributed by atoms with Crippen molar-refractivity contribution in [3.8, 4) is 0 Å². The van der Waals surface area contributed by atoms with Gasteiger partial charge in [-0.15, -0.1) is 0 Å². The number of rotatable bonds is 6. The van der Waals surface area contributed by atoms with Crippen molar-refractivity contribution >= 4 is 9.84 Å². The lowest BCUT2D eigenvalue weighted by molar-refractivity contribution is 0.583. The molecule has 0 aromatic rings. The number of hydrogen-bond donors (Lipinski definition) is 0. The summed E-state index contributed by atoms with van der Waals surface area (Å²) in [5, 5.41) is 0. The molecule has 0 radical (unpaired) electrons. The standard InChI is InChI=1S/C8H16.C6H14O2S.CH4/c1-5-8(4)6-7(2)3;1-4-9(7,8)5-6(2)3;/h7H,4-6H2,1-3H3;6H,4-5H2,1-3H3;1H4. The summed E-state index contributed by atoms with van der Waals surface area (Å²) in [5.41, 5.74) is 1.38. The Morgan fingerprint density at radius 3 is 1.61 bits per heavy atom. The van der Waals surface area contributed by atoms with Crippen molar-refractivity contribution in [3.05, 3.63) is 12.2 Å². The lowest BCUT2D eigenvalue weighted by atomic mass is 10.0. The van der Waals surface area contributed by atoms with Crippen LogP contribution in [0.15, 0.2) is 12.2 Å². The van der Waals surface area contributed by atoms with Crippen LogP contribution in [0.4, 0.5) is 0 Å². The van der Waals surface area contributed by atoms with E-state index in [0.29, 0.717) is 5.75 Å². The van der Waals surface area contributed by atoms with E-state index in [9.17, 15) is 8.42 Å². The Morgan fingerprint density at radius 1 is 1.06 bits per heavy atom. The molecule has 0 heterocycles. The van der Waals surface area contributed by atoms with E-state index in [4.69, 9.17) is 0 Å². The average molecular weight is 279 g/mol. The van der Waals surface area contributed by atoms with Gasteiger partial charge in [-0.1, -0.05) is 61.1 Å². The van der Waals surface area contributed by atoms with E-state index in [-0.39, 0.29) is 19.1 Å². The van der Waals surface area contributed by atoms with Crippen molar-refractivity contribution < 1.29 is 8.42 Å². The van der Waals surface area contributed by atoms with Crippen molar-refractivity contribution in [2.75, 3.05) is 11.5 Å². The Hall–Kier alpha value is -0.310. The van der Waals surface area contributed by atoms with Gasteiger partial charge in [0.2, 0.25) is 0 Å². The second-order valence-electron chi connectivity index (χ2n) is 5.29. The highest BCUT2D eigenvalue weighted by molar-refractivity contribution is 7.91. The van der Waals surface area contributed by atoms with Gasteiger partial charge in [0.1, 0.15) is 9.84 Å². The van der Waals surface area contributed by atoms with Gasteiger partial charge in [0, 0.05) is 5.75 Å². The molecule has 0 aliphatic carbocycles. The minimum absolute atomic E-state index is 0. The van der Waals surface area contributed by atoms with Gasteiger partial charge in [-0.25, -0.2) is 8.42 Å². The minimum atomic E-state index is -2.72. The molecule has 0 N–H and O–H groups in total. The predicted octanol–water partition coefficient (Wildman–Crippen LogP) is 4.71. The lowest BCUT2D eigenvalue weighted by Gasteiger charge is -2.03. The molecule has 0 aliphatic rings. The first kappa shape index (κ1) is 22.8. The molecule has 0 spiro atoms. The second-order valence-corrected chi connectivity index (χ2v) is 7.69. The Balaban J connectivity index is -0.000000238. The van der Waals surface area contributed by atoms with Crippen molar-refractivity contribution in [2.24, 2.45) is 11.8 Å². The molecule has 0 bridgehead atoms. The van der Waals surface area contributed by atoms with E-state index in [1.165, 1.54) is 12.0 Å². The Labute approximate surface area is 116 Å². The Bertz CT molecular complexity index is 288. The smallest absolute Gasteiger partial charge is 0.150 e. The van der Waals surface area contributed by atoms with E-state index in [0.717, 1.165) is 12.3 Å². The van der Waals surface area contributed by atoms with E-state index in [1.54, 1.807) is 6.92 Å². The molecule has 18 heavy (non-hydrogen) atoms. The van der Waals surface area contributed by atoms with E-state index >= 15 is 0 Å². The maximum Gasteiger partial charge on any atom is 0.150 e. The molecular formula is C15H34O2S. The molecule has 112 valence electrons. The third-order valence-electron chi connectivity index (χ3n) is 2.22. The molecule has 0 aromatic heterocycles. The Kier molecular flexibility index (Phi) is 14.9. The van der Waals surface area contributed by atoms with Gasteiger partial charge in [-0.3, -0.25) is 0 Å². The van der Waals surface area contributed by atoms with Crippen molar-refractivity contribution in [1.82, 2.24) is 0 Å². The maximum atomic E-state index is 10.8. The van der Waals surface area contributed by atoms with Crippen LogP contribution >= 0.6 is 0 Å². The zero-order valence-electron chi connectivity index (χ0n) is 12.4. The lowest BCUT2D eigenvalue weighted by Crippen LogP contribution is -2.13. The van der Waals surface area contributed by atoms with Crippen LogP contribution in [-0.2, 0) is 9.84 Å². The number of allylic oxidation sites excluding steroid dienone is 1. The van der Waals surface area contributed by atoms with Crippen molar-refractivity contribution in [2.45, 2.75) is 61.8 Å². The van der Waals surface area contributed by atoms with Crippen LogP contribution in [0.1, 0.15) is 61.8 Å². The van der Waals surface area contributed by atoms with Gasteiger partial charge >= 0.3 is 0 Å². The number of sulfone groups is 1. The zero-order chi connectivity index (χ0) is 14.1. The molecule has 0 atom stereocenters. The minimum Gasteiger partial charge on any atom is -0.229 e. The van der Waals surface area contributed by atoms with Crippen LogP contribution in [0.5, 0.6) is 0 Å². The summed E-state index contributed by atoms with van der Waals surface area (Å²) in [7, 11) is -2.72. The second kappa shape index (κ2) is 11.8. The third kappa shape index (κ3) is 18.1. The largest absolute Gasteiger partial charge is 0.229 e. The van der Waals surface area contributed by atoms with Crippen LogP contribution < -0.4 is 0 Å². The van der Waals surface area contributed by atoms with Gasteiger partial charge in [-0.05, 0) is 24.7 Å². The molecular weight excluding hydrogens is 244 g/mol. The van der Waals surface area contributed by atoms with Crippen LogP contribution in [0, 0.1) is 11.8 Å². The first-order valence-corrected chi connectivity index (χ1v) is 8.33.